The maximum absolute atomic E-state index is 11.9. The minimum absolute atomic E-state index is 0.0738. The average Bonchev–Trinajstić information content (AvgIpc) is 2.38. The Morgan fingerprint density at radius 2 is 2.18 bits per heavy atom. The van der Waals surface area contributed by atoms with Gasteiger partial charge in [0, 0.05) is 19.7 Å². The highest BCUT2D eigenvalue weighted by Crippen LogP contribution is 2.17. The Hall–Kier alpha value is -0.260. The first kappa shape index (κ1) is 14.8. The smallest absolute Gasteiger partial charge is 0.235 e. The van der Waals surface area contributed by atoms with Crippen LogP contribution in [0.25, 0.3) is 0 Å². The van der Waals surface area contributed by atoms with E-state index in [2.05, 4.69) is 0 Å². The molecule has 0 aliphatic carbocycles. The molecule has 1 rings (SSSR count). The summed E-state index contributed by atoms with van der Waals surface area (Å²) in [5.74, 6) is 0.262. The summed E-state index contributed by atoms with van der Waals surface area (Å²) in [7, 11) is 0. The van der Waals surface area contributed by atoms with E-state index in [0.29, 0.717) is 12.6 Å². The second-order valence-electron chi connectivity index (χ2n) is 4.42. The number of carbonyl (C=O) groups is 1. The summed E-state index contributed by atoms with van der Waals surface area (Å²) in [6.07, 6.45) is 5.12. The van der Waals surface area contributed by atoms with Gasteiger partial charge in [-0.1, -0.05) is 0 Å². The number of ether oxygens (including phenoxy) is 1. The van der Waals surface area contributed by atoms with Gasteiger partial charge in [-0.3, -0.25) is 4.79 Å². The second kappa shape index (κ2) is 7.95. The maximum Gasteiger partial charge on any atom is 0.235 e. The Morgan fingerprint density at radius 1 is 1.53 bits per heavy atom. The fourth-order valence-electron chi connectivity index (χ4n) is 1.93. The van der Waals surface area contributed by atoms with Crippen LogP contribution in [-0.2, 0) is 9.53 Å². The zero-order valence-electron chi connectivity index (χ0n) is 10.9. The Bertz CT molecular complexity index is 231. The van der Waals surface area contributed by atoms with Crippen molar-refractivity contribution in [3.63, 3.8) is 0 Å². The number of thioether (sulfide) groups is 1. The van der Waals surface area contributed by atoms with Gasteiger partial charge in [0.1, 0.15) is 0 Å². The van der Waals surface area contributed by atoms with E-state index < -0.39 is 0 Å². The van der Waals surface area contributed by atoms with E-state index in [1.165, 1.54) is 0 Å². The van der Waals surface area contributed by atoms with E-state index in [1.807, 2.05) is 18.1 Å². The van der Waals surface area contributed by atoms with Crippen molar-refractivity contribution in [3.8, 4) is 0 Å². The summed E-state index contributed by atoms with van der Waals surface area (Å²) in [4.78, 5) is 13.9. The average molecular weight is 260 g/mol. The predicted octanol–water partition coefficient (Wildman–Crippen LogP) is 1.09. The summed E-state index contributed by atoms with van der Waals surface area (Å²) in [6.45, 7) is 5.06. The molecule has 1 aliphatic heterocycles. The number of nitrogens with zero attached hydrogens (tertiary/aromatic N) is 1. The van der Waals surface area contributed by atoms with Crippen LogP contribution in [0.15, 0.2) is 0 Å². The van der Waals surface area contributed by atoms with Crippen LogP contribution in [0.3, 0.4) is 0 Å². The number of hydrogen-bond acceptors (Lipinski definition) is 4. The Balaban J connectivity index is 2.23. The van der Waals surface area contributed by atoms with Crippen molar-refractivity contribution in [1.82, 2.24) is 4.90 Å². The summed E-state index contributed by atoms with van der Waals surface area (Å²) >= 11 is 1.61. The van der Waals surface area contributed by atoms with E-state index in [1.54, 1.807) is 11.8 Å². The number of amides is 1. The van der Waals surface area contributed by atoms with Gasteiger partial charge < -0.3 is 15.4 Å². The molecule has 1 aliphatic rings. The number of likely N-dealkylation sites (tertiary alicyclic amines) is 1. The molecule has 1 atom stereocenters. The van der Waals surface area contributed by atoms with Gasteiger partial charge >= 0.3 is 0 Å². The SMILES string of the molecule is CSC(C)C(=O)N1CCC(OCCCN)CC1. The molecule has 1 fully saturated rings. The van der Waals surface area contributed by atoms with Crippen molar-refractivity contribution in [2.75, 3.05) is 32.5 Å². The molecule has 0 aromatic carbocycles. The molecule has 5 heteroatoms. The molecule has 0 spiro atoms. The molecule has 0 saturated carbocycles. The van der Waals surface area contributed by atoms with Gasteiger partial charge in [-0.25, -0.2) is 0 Å². The van der Waals surface area contributed by atoms with Crippen LogP contribution in [0, 0.1) is 0 Å². The molecule has 1 unspecified atom stereocenters. The topological polar surface area (TPSA) is 55.6 Å². The normalized spacial score (nSPS) is 19.4. The number of carbonyl (C=O) groups excluding carboxylic acids is 1. The summed E-state index contributed by atoms with van der Waals surface area (Å²) in [6, 6.07) is 0. The lowest BCUT2D eigenvalue weighted by atomic mass is 10.1. The highest BCUT2D eigenvalue weighted by Gasteiger charge is 2.25. The fourth-order valence-corrected chi connectivity index (χ4v) is 2.28. The van der Waals surface area contributed by atoms with E-state index in [9.17, 15) is 4.79 Å². The Morgan fingerprint density at radius 3 is 2.71 bits per heavy atom. The summed E-state index contributed by atoms with van der Waals surface area (Å²) in [5, 5.41) is 0.0738. The van der Waals surface area contributed by atoms with Crippen LogP contribution in [0.4, 0.5) is 0 Å². The minimum Gasteiger partial charge on any atom is -0.378 e. The molecular formula is C12H24N2O2S. The van der Waals surface area contributed by atoms with Crippen LogP contribution in [0.1, 0.15) is 26.2 Å². The zero-order chi connectivity index (χ0) is 12.7. The Kier molecular flexibility index (Phi) is 6.92. The van der Waals surface area contributed by atoms with Crippen LogP contribution in [0.5, 0.6) is 0 Å². The number of rotatable bonds is 6. The van der Waals surface area contributed by atoms with Crippen molar-refractivity contribution in [2.45, 2.75) is 37.5 Å². The monoisotopic (exact) mass is 260 g/mol. The van der Waals surface area contributed by atoms with Gasteiger partial charge in [0.25, 0.3) is 0 Å². The molecule has 4 nitrogen and oxygen atoms in total. The molecule has 0 aromatic rings. The summed E-state index contributed by atoms with van der Waals surface area (Å²) in [5.41, 5.74) is 5.42. The molecule has 1 saturated heterocycles. The van der Waals surface area contributed by atoms with Crippen molar-refractivity contribution in [3.05, 3.63) is 0 Å². The quantitative estimate of drug-likeness (QED) is 0.727. The minimum atomic E-state index is 0.0738. The van der Waals surface area contributed by atoms with Crippen molar-refractivity contribution < 1.29 is 9.53 Å². The highest BCUT2D eigenvalue weighted by atomic mass is 32.2. The lowest BCUT2D eigenvalue weighted by Crippen LogP contribution is -2.44. The van der Waals surface area contributed by atoms with E-state index in [-0.39, 0.29) is 11.2 Å². The second-order valence-corrected chi connectivity index (χ2v) is 5.59. The lowest BCUT2D eigenvalue weighted by molar-refractivity contribution is -0.132. The standard InChI is InChI=1S/C12H24N2O2S/c1-10(17-2)12(15)14-7-4-11(5-8-14)16-9-3-6-13/h10-11H,3-9,13H2,1-2H3. The van der Waals surface area contributed by atoms with Crippen molar-refractivity contribution in [2.24, 2.45) is 5.73 Å². The van der Waals surface area contributed by atoms with E-state index in [0.717, 1.165) is 39.0 Å². The van der Waals surface area contributed by atoms with Crippen molar-refractivity contribution in [1.29, 1.82) is 0 Å². The number of piperidine rings is 1. The molecule has 0 radical (unpaired) electrons. The third-order valence-electron chi connectivity index (χ3n) is 3.16. The molecule has 100 valence electrons. The van der Waals surface area contributed by atoms with Gasteiger partial charge in [0.2, 0.25) is 5.91 Å². The first-order valence-corrected chi connectivity index (χ1v) is 7.61. The van der Waals surface area contributed by atoms with Gasteiger partial charge in [-0.15, -0.1) is 0 Å². The van der Waals surface area contributed by atoms with E-state index >= 15 is 0 Å². The van der Waals surface area contributed by atoms with Crippen LogP contribution >= 0.6 is 11.8 Å². The van der Waals surface area contributed by atoms with Crippen molar-refractivity contribution >= 4 is 17.7 Å². The van der Waals surface area contributed by atoms with Gasteiger partial charge in [0.15, 0.2) is 0 Å². The number of hydrogen-bond donors (Lipinski definition) is 1. The van der Waals surface area contributed by atoms with Gasteiger partial charge in [-0.2, -0.15) is 11.8 Å². The Labute approximate surface area is 108 Å². The fraction of sp³-hybridized carbons (Fsp3) is 0.917. The van der Waals surface area contributed by atoms with Gasteiger partial charge in [0.05, 0.1) is 11.4 Å². The van der Waals surface area contributed by atoms with E-state index in [4.69, 9.17) is 10.5 Å². The van der Waals surface area contributed by atoms with Crippen LogP contribution < -0.4 is 5.73 Å². The molecule has 2 N–H and O–H groups in total. The molecular weight excluding hydrogens is 236 g/mol. The van der Waals surface area contributed by atoms with Crippen LogP contribution in [-0.4, -0.2) is 54.7 Å². The highest BCUT2D eigenvalue weighted by molar-refractivity contribution is 7.99. The molecule has 0 aromatic heterocycles. The number of nitrogens with two attached hydrogens (primary N) is 1. The predicted molar refractivity (Wildman–Crippen MR) is 72.2 cm³/mol. The zero-order valence-corrected chi connectivity index (χ0v) is 11.7. The van der Waals surface area contributed by atoms with Crippen LogP contribution in [0.2, 0.25) is 0 Å². The lowest BCUT2D eigenvalue weighted by Gasteiger charge is -2.33. The molecule has 1 heterocycles. The first-order chi connectivity index (χ1) is 8.19. The van der Waals surface area contributed by atoms with Gasteiger partial charge in [-0.05, 0) is 39.0 Å². The molecule has 0 bridgehead atoms. The third kappa shape index (κ3) is 4.85. The summed E-state index contributed by atoms with van der Waals surface area (Å²) < 4.78 is 5.72. The molecule has 1 amide bonds. The largest absolute Gasteiger partial charge is 0.378 e. The first-order valence-electron chi connectivity index (χ1n) is 6.32. The maximum atomic E-state index is 11.9. The molecule has 17 heavy (non-hydrogen) atoms. The third-order valence-corrected chi connectivity index (χ3v) is 4.07.